The van der Waals surface area contributed by atoms with Crippen molar-refractivity contribution in [3.63, 3.8) is 0 Å². The van der Waals surface area contributed by atoms with E-state index in [2.05, 4.69) is 35.9 Å². The lowest BCUT2D eigenvalue weighted by atomic mass is 10.1. The van der Waals surface area contributed by atoms with Crippen molar-refractivity contribution in [2.24, 2.45) is 0 Å². The molecule has 0 saturated carbocycles. The van der Waals surface area contributed by atoms with E-state index in [0.29, 0.717) is 16.6 Å². The average molecular weight is 246 g/mol. The normalized spacial score (nSPS) is 10.8. The number of rotatable bonds is 4. The van der Waals surface area contributed by atoms with E-state index >= 15 is 0 Å². The Morgan fingerprint density at radius 2 is 2.00 bits per heavy atom. The molecule has 1 N–H and O–H groups in total. The van der Waals surface area contributed by atoms with Crippen LogP contribution in [0.15, 0.2) is 35.5 Å². The highest BCUT2D eigenvalue weighted by Crippen LogP contribution is 2.26. The van der Waals surface area contributed by atoms with E-state index in [1.165, 1.54) is 11.2 Å². The molecule has 0 unspecified atom stereocenters. The van der Waals surface area contributed by atoms with Crippen LogP contribution in [0.3, 0.4) is 0 Å². The molecule has 0 radical (unpaired) electrons. The number of aldehydes is 1. The van der Waals surface area contributed by atoms with Gasteiger partial charge in [-0.2, -0.15) is 0 Å². The van der Waals surface area contributed by atoms with Gasteiger partial charge in [0.15, 0.2) is 6.29 Å². The molecule has 4 heteroatoms. The number of aromatic amines is 1. The van der Waals surface area contributed by atoms with Gasteiger partial charge in [-0.25, -0.2) is 4.98 Å². The van der Waals surface area contributed by atoms with Gasteiger partial charge in [0, 0.05) is 15.7 Å². The lowest BCUT2D eigenvalue weighted by molar-refractivity contribution is 0.112. The summed E-state index contributed by atoms with van der Waals surface area (Å²) in [5.74, 6) is 0. The molecule has 1 aromatic carbocycles. The Hall–Kier alpha value is -1.55. The van der Waals surface area contributed by atoms with Gasteiger partial charge in [-0.15, -0.1) is 11.8 Å². The number of carbonyl (C=O) groups is 1. The molecule has 88 valence electrons. The Bertz CT molecular complexity index is 502. The van der Waals surface area contributed by atoms with Gasteiger partial charge < -0.3 is 4.98 Å². The fourth-order valence-electron chi connectivity index (χ4n) is 1.59. The first kappa shape index (κ1) is 11.9. The van der Waals surface area contributed by atoms with Gasteiger partial charge in [-0.3, -0.25) is 4.79 Å². The van der Waals surface area contributed by atoms with E-state index in [1.807, 2.05) is 23.9 Å². The molecule has 0 aliphatic carbocycles. The van der Waals surface area contributed by atoms with Gasteiger partial charge in [0.2, 0.25) is 0 Å². The van der Waals surface area contributed by atoms with Crippen LogP contribution in [0.1, 0.15) is 24.3 Å². The monoisotopic (exact) mass is 246 g/mol. The van der Waals surface area contributed by atoms with E-state index in [9.17, 15) is 4.79 Å². The average Bonchev–Trinajstić information content (AvgIpc) is 2.77. The van der Waals surface area contributed by atoms with Crippen LogP contribution in [0.25, 0.3) is 11.3 Å². The molecule has 0 spiro atoms. The summed E-state index contributed by atoms with van der Waals surface area (Å²) in [6, 6.07) is 8.11. The molecule has 0 atom stereocenters. The molecule has 0 fully saturated rings. The zero-order chi connectivity index (χ0) is 12.3. The molecule has 0 bridgehead atoms. The predicted octanol–water partition coefficient (Wildman–Crippen LogP) is 3.39. The zero-order valence-electron chi connectivity index (χ0n) is 9.81. The molecule has 17 heavy (non-hydrogen) atoms. The van der Waals surface area contributed by atoms with E-state index in [0.717, 1.165) is 11.8 Å². The molecule has 2 rings (SSSR count). The first-order valence-corrected chi connectivity index (χ1v) is 6.34. The van der Waals surface area contributed by atoms with Crippen molar-refractivity contribution in [1.82, 2.24) is 9.97 Å². The molecule has 1 heterocycles. The summed E-state index contributed by atoms with van der Waals surface area (Å²) in [5.41, 5.74) is 2.19. The van der Waals surface area contributed by atoms with Gasteiger partial charge in [0.05, 0.1) is 12.0 Å². The number of nitrogens with one attached hydrogen (secondary N) is 1. The van der Waals surface area contributed by atoms with Crippen LogP contribution >= 0.6 is 11.8 Å². The van der Waals surface area contributed by atoms with Crippen molar-refractivity contribution >= 4 is 18.0 Å². The number of imidazole rings is 1. The fraction of sp³-hybridized carbons (Fsp3) is 0.231. The Balaban J connectivity index is 2.26. The van der Waals surface area contributed by atoms with E-state index in [4.69, 9.17) is 0 Å². The van der Waals surface area contributed by atoms with Crippen LogP contribution < -0.4 is 0 Å². The largest absolute Gasteiger partial charge is 0.342 e. The number of H-pyrrole nitrogens is 1. The summed E-state index contributed by atoms with van der Waals surface area (Å²) in [6.45, 7) is 4.33. The van der Waals surface area contributed by atoms with Crippen molar-refractivity contribution < 1.29 is 4.79 Å². The van der Waals surface area contributed by atoms with Crippen LogP contribution in [-0.2, 0) is 0 Å². The standard InChI is InChI=1S/C13H14N2OS/c1-9(2)17-11-5-3-10(4-6-11)13-12(7-16)14-8-15-13/h3-9H,1-2H3,(H,14,15). The maximum atomic E-state index is 10.8. The summed E-state index contributed by atoms with van der Waals surface area (Å²) in [6.07, 6.45) is 2.33. The van der Waals surface area contributed by atoms with Crippen molar-refractivity contribution in [3.8, 4) is 11.3 Å². The third kappa shape index (κ3) is 2.77. The lowest BCUT2D eigenvalue weighted by Gasteiger charge is -2.05. The topological polar surface area (TPSA) is 45.8 Å². The van der Waals surface area contributed by atoms with E-state index < -0.39 is 0 Å². The highest BCUT2D eigenvalue weighted by Gasteiger charge is 2.07. The predicted molar refractivity (Wildman–Crippen MR) is 70.4 cm³/mol. The lowest BCUT2D eigenvalue weighted by Crippen LogP contribution is -1.88. The van der Waals surface area contributed by atoms with Gasteiger partial charge in [0.1, 0.15) is 5.69 Å². The summed E-state index contributed by atoms with van der Waals surface area (Å²) in [4.78, 5) is 19.0. The van der Waals surface area contributed by atoms with Crippen LogP contribution in [0.5, 0.6) is 0 Å². The van der Waals surface area contributed by atoms with E-state index in [-0.39, 0.29) is 0 Å². The Morgan fingerprint density at radius 1 is 1.29 bits per heavy atom. The molecule has 3 nitrogen and oxygen atoms in total. The SMILES string of the molecule is CC(C)Sc1ccc(-c2nc[nH]c2C=O)cc1. The zero-order valence-corrected chi connectivity index (χ0v) is 10.6. The smallest absolute Gasteiger partial charge is 0.168 e. The Labute approximate surface area is 105 Å². The number of aromatic nitrogens is 2. The molecule has 0 saturated heterocycles. The van der Waals surface area contributed by atoms with Gasteiger partial charge in [-0.1, -0.05) is 26.0 Å². The number of benzene rings is 1. The molecular weight excluding hydrogens is 232 g/mol. The second-order valence-corrected chi connectivity index (χ2v) is 5.62. The number of thioether (sulfide) groups is 1. The van der Waals surface area contributed by atoms with Crippen molar-refractivity contribution in [3.05, 3.63) is 36.3 Å². The summed E-state index contributed by atoms with van der Waals surface area (Å²) < 4.78 is 0. The fourth-order valence-corrected chi connectivity index (χ4v) is 2.43. The number of nitrogens with zero attached hydrogens (tertiary/aromatic N) is 1. The van der Waals surface area contributed by atoms with Crippen molar-refractivity contribution in [2.45, 2.75) is 24.0 Å². The second kappa shape index (κ2) is 5.19. The van der Waals surface area contributed by atoms with Crippen LogP contribution in [0.2, 0.25) is 0 Å². The maximum absolute atomic E-state index is 10.8. The second-order valence-electron chi connectivity index (χ2n) is 3.97. The summed E-state index contributed by atoms with van der Waals surface area (Å²) in [7, 11) is 0. The minimum Gasteiger partial charge on any atom is -0.342 e. The van der Waals surface area contributed by atoms with Crippen molar-refractivity contribution in [2.75, 3.05) is 0 Å². The maximum Gasteiger partial charge on any atom is 0.168 e. The minimum atomic E-state index is 0.522. The summed E-state index contributed by atoms with van der Waals surface area (Å²) in [5, 5.41) is 0.566. The third-order valence-electron chi connectivity index (χ3n) is 2.29. The molecule has 0 aliphatic heterocycles. The quantitative estimate of drug-likeness (QED) is 0.664. The molecule has 0 aliphatic rings. The molecule has 2 aromatic rings. The highest BCUT2D eigenvalue weighted by molar-refractivity contribution is 7.99. The van der Waals surface area contributed by atoms with Crippen molar-refractivity contribution in [1.29, 1.82) is 0 Å². The van der Waals surface area contributed by atoms with Gasteiger partial charge in [-0.05, 0) is 12.1 Å². The van der Waals surface area contributed by atoms with Crippen LogP contribution in [0.4, 0.5) is 0 Å². The van der Waals surface area contributed by atoms with E-state index in [1.54, 1.807) is 0 Å². The Morgan fingerprint density at radius 3 is 2.59 bits per heavy atom. The number of carbonyl (C=O) groups excluding carboxylic acids is 1. The van der Waals surface area contributed by atoms with Crippen LogP contribution in [-0.4, -0.2) is 21.5 Å². The Kier molecular flexibility index (Phi) is 3.64. The summed E-state index contributed by atoms with van der Waals surface area (Å²) >= 11 is 1.82. The first-order chi connectivity index (χ1) is 8.20. The first-order valence-electron chi connectivity index (χ1n) is 5.46. The number of hydrogen-bond acceptors (Lipinski definition) is 3. The van der Waals surface area contributed by atoms with Gasteiger partial charge in [0.25, 0.3) is 0 Å². The highest BCUT2D eigenvalue weighted by atomic mass is 32.2. The molecule has 0 amide bonds. The van der Waals surface area contributed by atoms with Gasteiger partial charge >= 0.3 is 0 Å². The van der Waals surface area contributed by atoms with Crippen LogP contribution in [0, 0.1) is 0 Å². The third-order valence-corrected chi connectivity index (χ3v) is 3.30. The minimum absolute atomic E-state index is 0.522. The molecular formula is C13H14N2OS. The number of hydrogen-bond donors (Lipinski definition) is 1. The molecule has 1 aromatic heterocycles.